The minimum absolute atomic E-state index is 0.209. The van der Waals surface area contributed by atoms with Crippen LogP contribution in [0.2, 0.25) is 0 Å². The molecule has 0 unspecified atom stereocenters. The van der Waals surface area contributed by atoms with Gasteiger partial charge in [0.2, 0.25) is 11.7 Å². The Morgan fingerprint density at radius 2 is 1.82 bits per heavy atom. The number of amides is 2. The van der Waals surface area contributed by atoms with Gasteiger partial charge in [0, 0.05) is 24.2 Å². The molecule has 1 aromatic heterocycles. The maximum absolute atomic E-state index is 12.5. The Morgan fingerprint density at radius 3 is 2.39 bits per heavy atom. The molecule has 1 aliphatic rings. The lowest BCUT2D eigenvalue weighted by Gasteiger charge is -2.29. The number of hydrogen-bond acceptors (Lipinski definition) is 6. The Kier molecular flexibility index (Phi) is 5.63. The number of ether oxygens (including phenoxy) is 1. The molecule has 1 fully saturated rings. The van der Waals surface area contributed by atoms with Crippen LogP contribution in [0, 0.1) is 0 Å². The molecule has 1 atom stereocenters. The molecule has 28 heavy (non-hydrogen) atoms. The third kappa shape index (κ3) is 4.47. The molecule has 0 radical (unpaired) electrons. The molecular formula is C17H17F3N4O4. The highest BCUT2D eigenvalue weighted by molar-refractivity contribution is 5.97. The van der Waals surface area contributed by atoms with E-state index in [0.29, 0.717) is 26.3 Å². The van der Waals surface area contributed by atoms with Crippen molar-refractivity contribution >= 4 is 11.8 Å². The van der Waals surface area contributed by atoms with E-state index in [9.17, 15) is 22.8 Å². The number of hydrogen-bond donors (Lipinski definition) is 1. The number of aromatic nitrogens is 2. The number of alkyl halides is 3. The predicted molar refractivity (Wildman–Crippen MR) is 89.1 cm³/mol. The first-order valence-electron chi connectivity index (χ1n) is 8.44. The molecule has 2 heterocycles. The van der Waals surface area contributed by atoms with E-state index in [1.165, 1.54) is 24.3 Å². The van der Waals surface area contributed by atoms with Gasteiger partial charge in [-0.1, -0.05) is 17.3 Å². The summed E-state index contributed by atoms with van der Waals surface area (Å²) < 4.78 is 46.9. The summed E-state index contributed by atoms with van der Waals surface area (Å²) in [6.45, 7) is 3.44. The van der Waals surface area contributed by atoms with E-state index in [1.807, 2.05) is 0 Å². The number of morpholine rings is 1. The van der Waals surface area contributed by atoms with Crippen LogP contribution in [-0.2, 0) is 15.7 Å². The lowest BCUT2D eigenvalue weighted by Crippen LogP contribution is -2.50. The van der Waals surface area contributed by atoms with Crippen molar-refractivity contribution in [2.24, 2.45) is 0 Å². The van der Waals surface area contributed by atoms with Gasteiger partial charge in [0.15, 0.2) is 0 Å². The summed E-state index contributed by atoms with van der Waals surface area (Å²) in [7, 11) is 0. The van der Waals surface area contributed by atoms with Gasteiger partial charge in [-0.3, -0.25) is 9.59 Å². The Balaban J connectivity index is 1.63. The second-order valence-electron chi connectivity index (χ2n) is 6.13. The minimum Gasteiger partial charge on any atom is -0.378 e. The monoisotopic (exact) mass is 398 g/mol. The van der Waals surface area contributed by atoms with Crippen LogP contribution in [0.1, 0.15) is 23.2 Å². The molecule has 3 rings (SSSR count). The fraction of sp³-hybridized carbons (Fsp3) is 0.412. The largest absolute Gasteiger partial charge is 0.471 e. The topological polar surface area (TPSA) is 97.6 Å². The van der Waals surface area contributed by atoms with Gasteiger partial charge in [-0.05, 0) is 19.1 Å². The van der Waals surface area contributed by atoms with E-state index in [1.54, 1.807) is 11.8 Å². The van der Waals surface area contributed by atoms with Crippen molar-refractivity contribution in [1.82, 2.24) is 20.4 Å². The summed E-state index contributed by atoms with van der Waals surface area (Å²) in [5, 5.41) is 5.89. The van der Waals surface area contributed by atoms with Gasteiger partial charge in [-0.25, -0.2) is 0 Å². The second-order valence-corrected chi connectivity index (χ2v) is 6.13. The van der Waals surface area contributed by atoms with Crippen LogP contribution in [-0.4, -0.2) is 59.2 Å². The van der Waals surface area contributed by atoms with Crippen LogP contribution >= 0.6 is 0 Å². The Morgan fingerprint density at radius 1 is 1.18 bits per heavy atom. The van der Waals surface area contributed by atoms with Crippen molar-refractivity contribution in [2.75, 3.05) is 26.3 Å². The fourth-order valence-electron chi connectivity index (χ4n) is 2.63. The standard InChI is InChI=1S/C17H17F3N4O4/c1-10(15(26)24-6-8-27-9-7-24)21-14(25)12-4-2-11(3-5-12)13-22-16(28-23-13)17(18,19)20/h2-5,10H,6-9H2,1H3,(H,21,25)/t10-/m0/s1. The van der Waals surface area contributed by atoms with Crippen molar-refractivity contribution in [1.29, 1.82) is 0 Å². The number of nitrogens with zero attached hydrogens (tertiary/aromatic N) is 3. The fourth-order valence-corrected chi connectivity index (χ4v) is 2.63. The molecular weight excluding hydrogens is 381 g/mol. The summed E-state index contributed by atoms with van der Waals surface area (Å²) in [4.78, 5) is 29.5. The number of halogens is 3. The van der Waals surface area contributed by atoms with Crippen LogP contribution in [0.3, 0.4) is 0 Å². The summed E-state index contributed by atoms with van der Waals surface area (Å²) in [5.41, 5.74) is 0.498. The first-order valence-corrected chi connectivity index (χ1v) is 8.44. The molecule has 11 heteroatoms. The van der Waals surface area contributed by atoms with E-state index in [4.69, 9.17) is 4.74 Å². The molecule has 150 valence electrons. The quantitative estimate of drug-likeness (QED) is 0.843. The van der Waals surface area contributed by atoms with E-state index < -0.39 is 24.0 Å². The zero-order valence-corrected chi connectivity index (χ0v) is 14.8. The van der Waals surface area contributed by atoms with Gasteiger partial charge >= 0.3 is 12.1 Å². The number of carbonyl (C=O) groups is 2. The Hall–Kier alpha value is -2.95. The lowest BCUT2D eigenvalue weighted by molar-refractivity contribution is -0.159. The average molecular weight is 398 g/mol. The first kappa shape index (κ1) is 19.8. The van der Waals surface area contributed by atoms with E-state index in [2.05, 4.69) is 20.0 Å². The van der Waals surface area contributed by atoms with Crippen LogP contribution in [0.5, 0.6) is 0 Å². The van der Waals surface area contributed by atoms with E-state index >= 15 is 0 Å². The van der Waals surface area contributed by atoms with Crippen molar-refractivity contribution in [3.63, 3.8) is 0 Å². The molecule has 1 aromatic carbocycles. The summed E-state index contributed by atoms with van der Waals surface area (Å²) in [6.07, 6.45) is -4.73. The van der Waals surface area contributed by atoms with Crippen molar-refractivity contribution < 1.29 is 32.0 Å². The van der Waals surface area contributed by atoms with Gasteiger partial charge < -0.3 is 19.5 Å². The van der Waals surface area contributed by atoms with E-state index in [-0.39, 0.29) is 22.9 Å². The second kappa shape index (κ2) is 7.97. The number of rotatable bonds is 4. The molecule has 0 spiro atoms. The van der Waals surface area contributed by atoms with Crippen LogP contribution in [0.25, 0.3) is 11.4 Å². The smallest absolute Gasteiger partial charge is 0.378 e. The SMILES string of the molecule is C[C@H](NC(=O)c1ccc(-c2noc(C(F)(F)F)n2)cc1)C(=O)N1CCOCC1. The average Bonchev–Trinajstić information content (AvgIpc) is 3.19. The normalized spacial score (nSPS) is 15.9. The van der Waals surface area contributed by atoms with Crippen molar-refractivity contribution in [3.05, 3.63) is 35.7 Å². The number of benzene rings is 1. The maximum atomic E-state index is 12.5. The van der Waals surface area contributed by atoms with Gasteiger partial charge in [0.05, 0.1) is 13.2 Å². The summed E-state index contributed by atoms with van der Waals surface area (Å²) in [5.74, 6) is -2.38. The minimum atomic E-state index is -4.73. The van der Waals surface area contributed by atoms with E-state index in [0.717, 1.165) is 0 Å². The van der Waals surface area contributed by atoms with Gasteiger partial charge in [-0.15, -0.1) is 0 Å². The predicted octanol–water partition coefficient (Wildman–Crippen LogP) is 1.73. The number of carbonyl (C=O) groups excluding carboxylic acids is 2. The van der Waals surface area contributed by atoms with Gasteiger partial charge in [0.25, 0.3) is 5.91 Å². The highest BCUT2D eigenvalue weighted by Gasteiger charge is 2.38. The third-order valence-electron chi connectivity index (χ3n) is 4.11. The highest BCUT2D eigenvalue weighted by Crippen LogP contribution is 2.29. The van der Waals surface area contributed by atoms with Crippen LogP contribution in [0.4, 0.5) is 13.2 Å². The summed E-state index contributed by atoms with van der Waals surface area (Å²) >= 11 is 0. The van der Waals surface area contributed by atoms with Crippen molar-refractivity contribution in [3.8, 4) is 11.4 Å². The Bertz CT molecular complexity index is 845. The lowest BCUT2D eigenvalue weighted by atomic mass is 10.1. The van der Waals surface area contributed by atoms with Crippen LogP contribution < -0.4 is 5.32 Å². The highest BCUT2D eigenvalue weighted by atomic mass is 19.4. The summed E-state index contributed by atoms with van der Waals surface area (Å²) in [6, 6.07) is 4.88. The molecule has 1 saturated heterocycles. The molecule has 2 aromatic rings. The van der Waals surface area contributed by atoms with Gasteiger partial charge in [0.1, 0.15) is 6.04 Å². The van der Waals surface area contributed by atoms with Crippen molar-refractivity contribution in [2.45, 2.75) is 19.1 Å². The molecule has 2 amide bonds. The molecule has 0 saturated carbocycles. The zero-order valence-electron chi connectivity index (χ0n) is 14.8. The maximum Gasteiger partial charge on any atom is 0.471 e. The molecule has 1 aliphatic heterocycles. The third-order valence-corrected chi connectivity index (χ3v) is 4.11. The molecule has 0 aliphatic carbocycles. The molecule has 0 bridgehead atoms. The van der Waals surface area contributed by atoms with Gasteiger partial charge in [-0.2, -0.15) is 18.2 Å². The molecule has 8 nitrogen and oxygen atoms in total. The van der Waals surface area contributed by atoms with Crippen LogP contribution in [0.15, 0.2) is 28.8 Å². The zero-order chi connectivity index (χ0) is 20.3. The molecule has 1 N–H and O–H groups in total. The number of nitrogens with one attached hydrogen (secondary N) is 1. The Labute approximate surface area is 157 Å². The first-order chi connectivity index (χ1) is 13.3.